The minimum absolute atomic E-state index is 0.0107. The van der Waals surface area contributed by atoms with Gasteiger partial charge in [-0.05, 0) is 31.4 Å². The number of unbranched alkanes of at least 4 members (excludes halogenated alkanes) is 2. The molecule has 1 saturated carbocycles. The van der Waals surface area contributed by atoms with Crippen LogP contribution in [0, 0.1) is 0 Å². The fourth-order valence-electron chi connectivity index (χ4n) is 1.76. The van der Waals surface area contributed by atoms with Gasteiger partial charge in [0, 0.05) is 24.3 Å². The second-order valence-electron chi connectivity index (χ2n) is 4.81. The maximum atomic E-state index is 11.9. The average molecular weight is 247 g/mol. The second kappa shape index (κ2) is 6.38. The van der Waals surface area contributed by atoms with E-state index in [-0.39, 0.29) is 5.91 Å². The molecule has 1 amide bonds. The molecule has 4 nitrogen and oxygen atoms in total. The smallest absolute Gasteiger partial charge is 0.251 e. The molecule has 0 unspecified atom stereocenters. The van der Waals surface area contributed by atoms with Gasteiger partial charge in [0.1, 0.15) is 5.82 Å². The first-order valence-electron chi connectivity index (χ1n) is 6.80. The van der Waals surface area contributed by atoms with Crippen LogP contribution >= 0.6 is 0 Å². The maximum Gasteiger partial charge on any atom is 0.251 e. The summed E-state index contributed by atoms with van der Waals surface area (Å²) in [4.78, 5) is 16.1. The molecule has 1 heterocycles. The van der Waals surface area contributed by atoms with Crippen LogP contribution in [-0.2, 0) is 0 Å². The van der Waals surface area contributed by atoms with Crippen LogP contribution < -0.4 is 10.6 Å². The number of pyridine rings is 1. The molecule has 1 aliphatic carbocycles. The number of aromatic nitrogens is 1. The number of carbonyl (C=O) groups excluding carboxylic acids is 1. The van der Waals surface area contributed by atoms with E-state index < -0.39 is 0 Å². The quantitative estimate of drug-likeness (QED) is 0.728. The minimum Gasteiger partial charge on any atom is -0.370 e. The zero-order valence-electron chi connectivity index (χ0n) is 10.9. The Hall–Kier alpha value is -1.58. The summed E-state index contributed by atoms with van der Waals surface area (Å²) in [6.45, 7) is 3.09. The Kier molecular flexibility index (Phi) is 4.56. The fraction of sp³-hybridized carbons (Fsp3) is 0.571. The molecular weight excluding hydrogens is 226 g/mol. The van der Waals surface area contributed by atoms with Crippen LogP contribution in [0.1, 0.15) is 49.4 Å². The molecule has 0 radical (unpaired) electrons. The molecule has 0 aromatic carbocycles. The van der Waals surface area contributed by atoms with Gasteiger partial charge in [-0.2, -0.15) is 0 Å². The highest BCUT2D eigenvalue weighted by Crippen LogP contribution is 2.19. The lowest BCUT2D eigenvalue weighted by atomic mass is 10.2. The summed E-state index contributed by atoms with van der Waals surface area (Å²) in [5.74, 6) is 0.797. The maximum absolute atomic E-state index is 11.9. The minimum atomic E-state index is 0.0107. The van der Waals surface area contributed by atoms with E-state index in [0.29, 0.717) is 11.6 Å². The molecule has 1 fully saturated rings. The third kappa shape index (κ3) is 4.02. The summed E-state index contributed by atoms with van der Waals surface area (Å²) in [6, 6.07) is 3.98. The van der Waals surface area contributed by atoms with Crippen LogP contribution in [0.2, 0.25) is 0 Å². The number of carbonyl (C=O) groups is 1. The van der Waals surface area contributed by atoms with E-state index >= 15 is 0 Å². The van der Waals surface area contributed by atoms with Gasteiger partial charge in [0.25, 0.3) is 5.91 Å². The van der Waals surface area contributed by atoms with Gasteiger partial charge in [0.15, 0.2) is 0 Å². The van der Waals surface area contributed by atoms with Gasteiger partial charge in [0.2, 0.25) is 0 Å². The van der Waals surface area contributed by atoms with Gasteiger partial charge >= 0.3 is 0 Å². The van der Waals surface area contributed by atoms with Gasteiger partial charge in [0.05, 0.1) is 0 Å². The summed E-state index contributed by atoms with van der Waals surface area (Å²) in [7, 11) is 0. The largest absolute Gasteiger partial charge is 0.370 e. The number of rotatable bonds is 7. The molecule has 0 atom stereocenters. The Morgan fingerprint density at radius 2 is 2.28 bits per heavy atom. The van der Waals surface area contributed by atoms with Crippen molar-refractivity contribution in [2.24, 2.45) is 0 Å². The van der Waals surface area contributed by atoms with Crippen molar-refractivity contribution >= 4 is 11.7 Å². The molecule has 2 rings (SSSR count). The molecule has 2 N–H and O–H groups in total. The Bertz CT molecular complexity index is 402. The van der Waals surface area contributed by atoms with Crippen molar-refractivity contribution in [3.05, 3.63) is 23.9 Å². The van der Waals surface area contributed by atoms with Gasteiger partial charge in [-0.25, -0.2) is 4.98 Å². The van der Waals surface area contributed by atoms with Crippen molar-refractivity contribution in [2.75, 3.05) is 11.9 Å². The van der Waals surface area contributed by atoms with Crippen molar-refractivity contribution in [3.8, 4) is 0 Å². The van der Waals surface area contributed by atoms with Crippen molar-refractivity contribution in [1.82, 2.24) is 10.3 Å². The van der Waals surface area contributed by atoms with Gasteiger partial charge in [-0.15, -0.1) is 0 Å². The molecule has 0 bridgehead atoms. The molecule has 0 aliphatic heterocycles. The van der Waals surface area contributed by atoms with Crippen LogP contribution in [0.5, 0.6) is 0 Å². The van der Waals surface area contributed by atoms with Gasteiger partial charge in [-0.1, -0.05) is 19.8 Å². The first-order chi connectivity index (χ1) is 8.79. The molecule has 0 saturated heterocycles. The normalized spacial score (nSPS) is 14.3. The Balaban J connectivity index is 1.85. The van der Waals surface area contributed by atoms with Crippen molar-refractivity contribution in [2.45, 2.75) is 45.1 Å². The number of nitrogens with one attached hydrogen (secondary N) is 2. The molecule has 18 heavy (non-hydrogen) atoms. The topological polar surface area (TPSA) is 54.0 Å². The van der Waals surface area contributed by atoms with Gasteiger partial charge < -0.3 is 10.6 Å². The highest BCUT2D eigenvalue weighted by Gasteiger charge is 2.23. The van der Waals surface area contributed by atoms with E-state index in [9.17, 15) is 4.79 Å². The van der Waals surface area contributed by atoms with E-state index in [0.717, 1.165) is 31.6 Å². The van der Waals surface area contributed by atoms with Crippen LogP contribution in [-0.4, -0.2) is 23.5 Å². The third-order valence-corrected chi connectivity index (χ3v) is 3.02. The number of hydrogen-bond acceptors (Lipinski definition) is 3. The molecule has 1 aromatic heterocycles. The number of amides is 1. The zero-order valence-corrected chi connectivity index (χ0v) is 10.9. The lowest BCUT2D eigenvalue weighted by molar-refractivity contribution is 0.0951. The monoisotopic (exact) mass is 247 g/mol. The Labute approximate surface area is 108 Å². The SMILES string of the molecule is CCCCCNc1cc(C(=O)NC2CC2)ccn1. The highest BCUT2D eigenvalue weighted by molar-refractivity contribution is 5.95. The first kappa shape index (κ1) is 12.9. The average Bonchev–Trinajstić information content (AvgIpc) is 3.19. The van der Waals surface area contributed by atoms with Crippen LogP contribution in [0.15, 0.2) is 18.3 Å². The predicted molar refractivity (Wildman–Crippen MR) is 72.7 cm³/mol. The predicted octanol–water partition coefficient (Wildman–Crippen LogP) is 2.58. The first-order valence-corrected chi connectivity index (χ1v) is 6.80. The number of anilines is 1. The molecule has 1 aliphatic rings. The van der Waals surface area contributed by atoms with E-state index in [2.05, 4.69) is 22.5 Å². The van der Waals surface area contributed by atoms with E-state index in [1.807, 2.05) is 6.07 Å². The summed E-state index contributed by atoms with van der Waals surface area (Å²) >= 11 is 0. The summed E-state index contributed by atoms with van der Waals surface area (Å²) < 4.78 is 0. The van der Waals surface area contributed by atoms with Crippen LogP contribution in [0.4, 0.5) is 5.82 Å². The van der Waals surface area contributed by atoms with E-state index in [1.165, 1.54) is 12.8 Å². The third-order valence-electron chi connectivity index (χ3n) is 3.02. The Morgan fingerprint density at radius 1 is 1.44 bits per heavy atom. The molecule has 98 valence electrons. The summed E-state index contributed by atoms with van der Waals surface area (Å²) in [5, 5.41) is 6.23. The molecular formula is C14H21N3O. The number of hydrogen-bond donors (Lipinski definition) is 2. The number of nitrogens with zero attached hydrogens (tertiary/aromatic N) is 1. The molecule has 4 heteroatoms. The summed E-state index contributed by atoms with van der Waals surface area (Å²) in [5.41, 5.74) is 0.690. The van der Waals surface area contributed by atoms with Crippen LogP contribution in [0.3, 0.4) is 0 Å². The Morgan fingerprint density at radius 3 is 3.00 bits per heavy atom. The molecule has 0 spiro atoms. The lowest BCUT2D eigenvalue weighted by Crippen LogP contribution is -2.25. The molecule has 1 aromatic rings. The summed E-state index contributed by atoms with van der Waals surface area (Å²) in [6.07, 6.45) is 7.46. The lowest BCUT2D eigenvalue weighted by Gasteiger charge is -2.07. The van der Waals surface area contributed by atoms with Crippen LogP contribution in [0.25, 0.3) is 0 Å². The highest BCUT2D eigenvalue weighted by atomic mass is 16.1. The second-order valence-corrected chi connectivity index (χ2v) is 4.81. The van der Waals surface area contributed by atoms with E-state index in [1.54, 1.807) is 12.3 Å². The van der Waals surface area contributed by atoms with E-state index in [4.69, 9.17) is 0 Å². The van der Waals surface area contributed by atoms with Gasteiger partial charge in [-0.3, -0.25) is 4.79 Å². The van der Waals surface area contributed by atoms with Crippen molar-refractivity contribution in [3.63, 3.8) is 0 Å². The standard InChI is InChI=1S/C14H21N3O/c1-2-3-4-8-15-13-10-11(7-9-16-13)14(18)17-12-5-6-12/h7,9-10,12H,2-6,8H2,1H3,(H,15,16)(H,17,18). The van der Waals surface area contributed by atoms with Crippen molar-refractivity contribution < 1.29 is 4.79 Å². The fourth-order valence-corrected chi connectivity index (χ4v) is 1.76. The zero-order chi connectivity index (χ0) is 12.8. The van der Waals surface area contributed by atoms with Crippen molar-refractivity contribution in [1.29, 1.82) is 0 Å².